The first-order chi connectivity index (χ1) is 5.67. The summed E-state index contributed by atoms with van der Waals surface area (Å²) in [5.74, 6) is -0.153. The second-order valence-electron chi connectivity index (χ2n) is 2.69. The molecule has 0 aromatic carbocycles. The zero-order chi connectivity index (χ0) is 9.56. The van der Waals surface area contributed by atoms with Gasteiger partial charge in [0.1, 0.15) is 0 Å². The van der Waals surface area contributed by atoms with Gasteiger partial charge in [-0.2, -0.15) is 0 Å². The molecular weight excluding hydrogens is 152 g/mol. The third kappa shape index (κ3) is 3.07. The van der Waals surface area contributed by atoms with E-state index in [1.54, 1.807) is 0 Å². The monoisotopic (exact) mass is 170 g/mol. The minimum Gasteiger partial charge on any atom is -0.463 e. The van der Waals surface area contributed by atoms with Crippen molar-refractivity contribution >= 4 is 5.97 Å². The molecule has 0 amide bonds. The molecule has 0 aliphatic carbocycles. The molecule has 0 saturated carbocycles. The first-order valence-corrected chi connectivity index (χ1v) is 4.53. The molecule has 0 aliphatic rings. The molecule has 0 radical (unpaired) electrons. The highest BCUT2D eigenvalue weighted by atomic mass is 16.5. The predicted molar refractivity (Wildman–Crippen MR) is 49.9 cm³/mol. The van der Waals surface area contributed by atoms with Crippen LogP contribution in [0.2, 0.25) is 0 Å². The number of rotatable bonds is 4. The van der Waals surface area contributed by atoms with Gasteiger partial charge in [-0.3, -0.25) is 0 Å². The number of ether oxygens (including phenoxy) is 1. The predicted octanol–water partition coefficient (Wildman–Crippen LogP) is 2.69. The molecule has 2 heteroatoms. The van der Waals surface area contributed by atoms with Crippen molar-refractivity contribution < 1.29 is 9.53 Å². The summed E-state index contributed by atoms with van der Waals surface area (Å²) in [7, 11) is 0. The maximum atomic E-state index is 11.3. The van der Waals surface area contributed by atoms with E-state index in [-0.39, 0.29) is 5.97 Å². The van der Waals surface area contributed by atoms with Gasteiger partial charge in [0.25, 0.3) is 0 Å². The van der Waals surface area contributed by atoms with E-state index in [0.717, 1.165) is 24.0 Å². The molecule has 0 rings (SSSR count). The fraction of sp³-hybridized carbons (Fsp3) is 0.700. The fourth-order valence-electron chi connectivity index (χ4n) is 1.05. The number of hydrogen-bond acceptors (Lipinski definition) is 2. The topological polar surface area (TPSA) is 26.3 Å². The second-order valence-corrected chi connectivity index (χ2v) is 2.69. The van der Waals surface area contributed by atoms with Gasteiger partial charge in [-0.25, -0.2) is 4.79 Å². The Balaban J connectivity index is 4.44. The van der Waals surface area contributed by atoms with Crippen molar-refractivity contribution in [3.05, 3.63) is 11.1 Å². The van der Waals surface area contributed by atoms with Crippen molar-refractivity contribution in [3.63, 3.8) is 0 Å². The highest BCUT2D eigenvalue weighted by Gasteiger charge is 2.10. The third-order valence-corrected chi connectivity index (χ3v) is 1.92. The number of hydrogen-bond donors (Lipinski definition) is 0. The van der Waals surface area contributed by atoms with E-state index in [0.29, 0.717) is 6.61 Å². The smallest absolute Gasteiger partial charge is 0.333 e. The SMILES string of the molecule is CCOC(=O)C(CC)=C(C)CC. The van der Waals surface area contributed by atoms with Crippen LogP contribution >= 0.6 is 0 Å². The Hall–Kier alpha value is -0.790. The minimum atomic E-state index is -0.153. The summed E-state index contributed by atoms with van der Waals surface area (Å²) < 4.78 is 4.92. The molecular formula is C10H18O2. The summed E-state index contributed by atoms with van der Waals surface area (Å²) in [5.41, 5.74) is 1.97. The third-order valence-electron chi connectivity index (χ3n) is 1.92. The molecule has 0 bridgehead atoms. The van der Waals surface area contributed by atoms with Crippen molar-refractivity contribution in [1.82, 2.24) is 0 Å². The van der Waals surface area contributed by atoms with Gasteiger partial charge in [-0.05, 0) is 26.7 Å². The fourth-order valence-corrected chi connectivity index (χ4v) is 1.05. The maximum absolute atomic E-state index is 11.3. The van der Waals surface area contributed by atoms with Crippen LogP contribution in [0.5, 0.6) is 0 Å². The number of allylic oxidation sites excluding steroid dienone is 1. The molecule has 0 saturated heterocycles. The van der Waals surface area contributed by atoms with Gasteiger partial charge in [0, 0.05) is 5.57 Å². The number of esters is 1. The highest BCUT2D eigenvalue weighted by molar-refractivity contribution is 5.89. The number of carbonyl (C=O) groups is 1. The van der Waals surface area contributed by atoms with E-state index in [2.05, 4.69) is 0 Å². The van der Waals surface area contributed by atoms with E-state index in [1.165, 1.54) is 0 Å². The lowest BCUT2D eigenvalue weighted by molar-refractivity contribution is -0.138. The van der Waals surface area contributed by atoms with Crippen LogP contribution in [-0.4, -0.2) is 12.6 Å². The van der Waals surface area contributed by atoms with Crippen molar-refractivity contribution in [2.75, 3.05) is 6.61 Å². The molecule has 0 heterocycles. The zero-order valence-electron chi connectivity index (χ0n) is 8.44. The van der Waals surface area contributed by atoms with Crippen LogP contribution in [0.25, 0.3) is 0 Å². The molecule has 70 valence electrons. The molecule has 12 heavy (non-hydrogen) atoms. The molecule has 0 aliphatic heterocycles. The van der Waals surface area contributed by atoms with E-state index in [4.69, 9.17) is 4.74 Å². The Morgan fingerprint density at radius 2 is 1.75 bits per heavy atom. The van der Waals surface area contributed by atoms with Crippen molar-refractivity contribution in [1.29, 1.82) is 0 Å². The largest absolute Gasteiger partial charge is 0.463 e. The van der Waals surface area contributed by atoms with Crippen molar-refractivity contribution in [3.8, 4) is 0 Å². The standard InChI is InChI=1S/C10H18O2/c1-5-8(4)9(6-2)10(11)12-7-3/h5-7H2,1-4H3. The van der Waals surface area contributed by atoms with Gasteiger partial charge in [-0.1, -0.05) is 19.4 Å². The first kappa shape index (κ1) is 11.2. The van der Waals surface area contributed by atoms with Gasteiger partial charge in [0.2, 0.25) is 0 Å². The van der Waals surface area contributed by atoms with Crippen LogP contribution < -0.4 is 0 Å². The summed E-state index contributed by atoms with van der Waals surface area (Å²) in [6.45, 7) is 8.29. The molecule has 0 atom stereocenters. The summed E-state index contributed by atoms with van der Waals surface area (Å²) in [5, 5.41) is 0. The number of carbonyl (C=O) groups excluding carboxylic acids is 1. The Morgan fingerprint density at radius 1 is 1.17 bits per heavy atom. The van der Waals surface area contributed by atoms with E-state index < -0.39 is 0 Å². The second kappa shape index (κ2) is 5.81. The van der Waals surface area contributed by atoms with Crippen LogP contribution in [0.3, 0.4) is 0 Å². The van der Waals surface area contributed by atoms with Crippen LogP contribution in [0, 0.1) is 0 Å². The lowest BCUT2D eigenvalue weighted by Gasteiger charge is -2.07. The van der Waals surface area contributed by atoms with E-state index in [1.807, 2.05) is 27.7 Å². The maximum Gasteiger partial charge on any atom is 0.333 e. The van der Waals surface area contributed by atoms with Gasteiger partial charge in [-0.15, -0.1) is 0 Å². The lowest BCUT2D eigenvalue weighted by Crippen LogP contribution is -2.08. The average Bonchev–Trinajstić information content (AvgIpc) is 2.06. The van der Waals surface area contributed by atoms with E-state index >= 15 is 0 Å². The van der Waals surface area contributed by atoms with Gasteiger partial charge >= 0.3 is 5.97 Å². The van der Waals surface area contributed by atoms with Crippen molar-refractivity contribution in [2.24, 2.45) is 0 Å². The molecule has 0 N–H and O–H groups in total. The average molecular weight is 170 g/mol. The van der Waals surface area contributed by atoms with Gasteiger partial charge in [0.05, 0.1) is 6.61 Å². The van der Waals surface area contributed by atoms with Crippen LogP contribution in [-0.2, 0) is 9.53 Å². The first-order valence-electron chi connectivity index (χ1n) is 4.53. The minimum absolute atomic E-state index is 0.153. The molecule has 0 aromatic heterocycles. The Labute approximate surface area is 74.6 Å². The summed E-state index contributed by atoms with van der Waals surface area (Å²) >= 11 is 0. The highest BCUT2D eigenvalue weighted by Crippen LogP contribution is 2.12. The molecule has 0 aromatic rings. The van der Waals surface area contributed by atoms with Crippen LogP contribution in [0.4, 0.5) is 0 Å². The Bertz CT molecular complexity index is 180. The van der Waals surface area contributed by atoms with Gasteiger partial charge < -0.3 is 4.74 Å². The molecule has 0 spiro atoms. The summed E-state index contributed by atoms with van der Waals surface area (Å²) in [6.07, 6.45) is 1.68. The Kier molecular flexibility index (Phi) is 5.43. The Morgan fingerprint density at radius 3 is 2.08 bits per heavy atom. The van der Waals surface area contributed by atoms with E-state index in [9.17, 15) is 4.79 Å². The molecule has 0 unspecified atom stereocenters. The summed E-state index contributed by atoms with van der Waals surface area (Å²) in [6, 6.07) is 0. The zero-order valence-corrected chi connectivity index (χ0v) is 8.44. The lowest BCUT2D eigenvalue weighted by atomic mass is 10.1. The van der Waals surface area contributed by atoms with Crippen LogP contribution in [0.15, 0.2) is 11.1 Å². The summed E-state index contributed by atoms with van der Waals surface area (Å²) in [4.78, 5) is 11.3. The molecule has 0 fully saturated rings. The van der Waals surface area contributed by atoms with Crippen molar-refractivity contribution in [2.45, 2.75) is 40.5 Å². The quantitative estimate of drug-likeness (QED) is 0.479. The van der Waals surface area contributed by atoms with Gasteiger partial charge in [0.15, 0.2) is 0 Å². The normalized spacial score (nSPS) is 12.3. The molecule has 2 nitrogen and oxygen atoms in total. The van der Waals surface area contributed by atoms with Crippen LogP contribution in [0.1, 0.15) is 40.5 Å².